The Hall–Kier alpha value is -0.920. The predicted octanol–water partition coefficient (Wildman–Crippen LogP) is 12.2. The molecule has 8 nitrogen and oxygen atoms in total. The van der Waals surface area contributed by atoms with E-state index in [0.717, 1.165) is 32.1 Å². The Balaban J connectivity index is 4.28. The second-order valence-corrected chi connectivity index (χ2v) is 16.9. The molecule has 0 rings (SSSR count). The van der Waals surface area contributed by atoms with Crippen LogP contribution in [-0.2, 0) is 27.9 Å². The van der Waals surface area contributed by atoms with E-state index >= 15 is 0 Å². The van der Waals surface area contributed by atoms with E-state index in [4.69, 9.17) is 18.5 Å². The van der Waals surface area contributed by atoms with E-state index in [-0.39, 0.29) is 25.8 Å². The molecule has 0 heterocycles. The highest BCUT2D eigenvalue weighted by atomic mass is 31.2. The van der Waals surface area contributed by atoms with Crippen molar-refractivity contribution in [2.45, 2.75) is 200 Å². The molecule has 0 aromatic rings. The quantitative estimate of drug-likeness (QED) is 0.0221. The molecule has 9 heteroatoms. The lowest BCUT2D eigenvalue weighted by atomic mass is 10.0. The smallest absolute Gasteiger partial charge is 0.472 e. The van der Waals surface area contributed by atoms with Gasteiger partial charge in [0.25, 0.3) is 0 Å². The van der Waals surface area contributed by atoms with Gasteiger partial charge < -0.3 is 18.9 Å². The Kier molecular flexibility index (Phi) is 34.5. The maximum absolute atomic E-state index is 12.4. The van der Waals surface area contributed by atoms with Crippen molar-refractivity contribution in [2.24, 2.45) is 0 Å². The van der Waals surface area contributed by atoms with Gasteiger partial charge in [0.05, 0.1) is 34.0 Å². The Morgan fingerprint density at radius 3 is 1.48 bits per heavy atom. The number of hydrogen-bond acceptors (Lipinski definition) is 6. The van der Waals surface area contributed by atoms with Gasteiger partial charge in [0.1, 0.15) is 19.8 Å². The second kappa shape index (κ2) is 35.1. The van der Waals surface area contributed by atoms with Crippen molar-refractivity contribution in [3.63, 3.8) is 0 Å². The van der Waals surface area contributed by atoms with Crippen LogP contribution in [0.5, 0.6) is 0 Å². The van der Waals surface area contributed by atoms with Crippen LogP contribution in [0, 0.1) is 0 Å². The zero-order chi connectivity index (χ0) is 37.0. The number of carbonyl (C=O) groups is 1. The Labute approximate surface area is 310 Å². The Morgan fingerprint density at radius 1 is 0.620 bits per heavy atom. The lowest BCUT2D eigenvalue weighted by Gasteiger charge is -2.24. The summed E-state index contributed by atoms with van der Waals surface area (Å²) in [5.41, 5.74) is 0. The van der Waals surface area contributed by atoms with Crippen LogP contribution in [0.3, 0.4) is 0 Å². The highest BCUT2D eigenvalue weighted by Gasteiger charge is 2.25. The van der Waals surface area contributed by atoms with Crippen molar-refractivity contribution in [1.82, 2.24) is 0 Å². The number of esters is 1. The second-order valence-electron chi connectivity index (χ2n) is 15.4. The molecule has 2 atom stereocenters. The fraction of sp³-hybridized carbons (Fsp3) is 0.927. The SMILES string of the molecule is CCCCCCCCCCCCCCCC/C=C\OC(COC(=O)CCCCCCCCCCCCCC)COP(=O)(O)OCC[N+](C)(C)C. The van der Waals surface area contributed by atoms with Gasteiger partial charge in [-0.25, -0.2) is 4.57 Å². The minimum atomic E-state index is -4.25. The minimum absolute atomic E-state index is 0.0425. The average molecular weight is 733 g/mol. The number of allylic oxidation sites excluding steroid dienone is 1. The molecule has 0 aromatic heterocycles. The number of unbranched alkanes of at least 4 members (excludes halogenated alkanes) is 25. The number of hydrogen-bond donors (Lipinski definition) is 1. The molecule has 0 aromatic carbocycles. The van der Waals surface area contributed by atoms with Gasteiger partial charge in [0.15, 0.2) is 6.10 Å². The predicted molar refractivity (Wildman–Crippen MR) is 210 cm³/mol. The molecule has 0 aliphatic carbocycles. The summed E-state index contributed by atoms with van der Waals surface area (Å²) in [4.78, 5) is 22.6. The van der Waals surface area contributed by atoms with Crippen LogP contribution in [0.4, 0.5) is 0 Å². The summed E-state index contributed by atoms with van der Waals surface area (Å²) in [6, 6.07) is 0. The van der Waals surface area contributed by atoms with Gasteiger partial charge in [-0.3, -0.25) is 13.8 Å². The molecular formula is C41H83NO7P+. The normalized spacial score (nSPS) is 13.9. The van der Waals surface area contributed by atoms with Crippen molar-refractivity contribution in [1.29, 1.82) is 0 Å². The third kappa shape index (κ3) is 38.3. The molecule has 0 saturated carbocycles. The molecule has 298 valence electrons. The van der Waals surface area contributed by atoms with Crippen molar-refractivity contribution < 1.29 is 37.3 Å². The van der Waals surface area contributed by atoms with Gasteiger partial charge in [0, 0.05) is 6.42 Å². The van der Waals surface area contributed by atoms with Crippen LogP contribution in [0.1, 0.15) is 194 Å². The van der Waals surface area contributed by atoms with E-state index in [1.807, 2.05) is 27.2 Å². The maximum atomic E-state index is 12.4. The lowest BCUT2D eigenvalue weighted by Crippen LogP contribution is -2.37. The molecule has 0 bridgehead atoms. The zero-order valence-corrected chi connectivity index (χ0v) is 34.5. The van der Waals surface area contributed by atoms with Gasteiger partial charge >= 0.3 is 13.8 Å². The zero-order valence-electron chi connectivity index (χ0n) is 33.7. The first-order valence-electron chi connectivity index (χ1n) is 21.0. The van der Waals surface area contributed by atoms with Crippen LogP contribution in [0.15, 0.2) is 12.3 Å². The van der Waals surface area contributed by atoms with Crippen molar-refractivity contribution in [3.05, 3.63) is 12.3 Å². The molecule has 0 aliphatic rings. The molecule has 0 saturated heterocycles. The molecule has 0 amide bonds. The lowest BCUT2D eigenvalue weighted by molar-refractivity contribution is -0.870. The van der Waals surface area contributed by atoms with Crippen molar-refractivity contribution in [3.8, 4) is 0 Å². The number of carbonyl (C=O) groups excluding carboxylic acids is 1. The van der Waals surface area contributed by atoms with Gasteiger partial charge in [-0.1, -0.05) is 168 Å². The number of ether oxygens (including phenoxy) is 2. The van der Waals surface area contributed by atoms with Crippen LogP contribution >= 0.6 is 7.82 Å². The molecule has 1 N–H and O–H groups in total. The number of nitrogens with zero attached hydrogens (tertiary/aromatic N) is 1. The highest BCUT2D eigenvalue weighted by molar-refractivity contribution is 7.47. The minimum Gasteiger partial charge on any atom is -0.492 e. The highest BCUT2D eigenvalue weighted by Crippen LogP contribution is 2.43. The Bertz CT molecular complexity index is 817. The summed E-state index contributed by atoms with van der Waals surface area (Å²) >= 11 is 0. The van der Waals surface area contributed by atoms with Gasteiger partial charge in [-0.15, -0.1) is 0 Å². The fourth-order valence-electron chi connectivity index (χ4n) is 5.83. The fourth-order valence-corrected chi connectivity index (χ4v) is 6.57. The van der Waals surface area contributed by atoms with Gasteiger partial charge in [-0.2, -0.15) is 0 Å². The Morgan fingerprint density at radius 2 is 1.04 bits per heavy atom. The summed E-state index contributed by atoms with van der Waals surface area (Å²) in [6.07, 6.45) is 37.7. The number of quaternary nitrogens is 1. The summed E-state index contributed by atoms with van der Waals surface area (Å²) in [7, 11) is 1.68. The van der Waals surface area contributed by atoms with Crippen LogP contribution in [0.25, 0.3) is 0 Å². The summed E-state index contributed by atoms with van der Waals surface area (Å²) in [5, 5.41) is 0. The van der Waals surface area contributed by atoms with E-state index < -0.39 is 13.9 Å². The van der Waals surface area contributed by atoms with Crippen LogP contribution in [0.2, 0.25) is 0 Å². The number of rotatable bonds is 39. The topological polar surface area (TPSA) is 91.3 Å². The number of phosphoric acid groups is 1. The van der Waals surface area contributed by atoms with Gasteiger partial charge in [0.2, 0.25) is 0 Å². The van der Waals surface area contributed by atoms with Gasteiger partial charge in [-0.05, 0) is 25.3 Å². The van der Waals surface area contributed by atoms with E-state index in [9.17, 15) is 14.3 Å². The molecule has 0 fully saturated rings. The first-order valence-corrected chi connectivity index (χ1v) is 22.5. The van der Waals surface area contributed by atoms with E-state index in [1.54, 1.807) is 6.26 Å². The van der Waals surface area contributed by atoms with Crippen LogP contribution in [-0.4, -0.2) is 69.0 Å². The largest absolute Gasteiger partial charge is 0.492 e. The molecule has 0 radical (unpaired) electrons. The molecule has 0 aliphatic heterocycles. The first kappa shape index (κ1) is 49.1. The standard InChI is InChI=1S/C41H82NO7P/c1-6-8-10-12-14-16-18-20-21-22-23-25-27-29-31-33-36-46-40(39-49-50(44,45)48-37-35-42(3,4)5)38-47-41(43)34-32-30-28-26-24-19-17-15-13-11-9-7-2/h33,36,40H,6-32,34-35,37-39H2,1-5H3/p+1/b36-33-. The maximum Gasteiger partial charge on any atom is 0.472 e. The summed E-state index contributed by atoms with van der Waals surface area (Å²) in [5.74, 6) is -0.275. The molecular weight excluding hydrogens is 649 g/mol. The van der Waals surface area contributed by atoms with E-state index in [0.29, 0.717) is 17.4 Å². The number of likely N-dealkylation sites (N-methyl/N-ethyl adjacent to an activating group) is 1. The third-order valence-electron chi connectivity index (χ3n) is 9.20. The van der Waals surface area contributed by atoms with E-state index in [2.05, 4.69) is 13.8 Å². The molecule has 2 unspecified atom stereocenters. The third-order valence-corrected chi connectivity index (χ3v) is 10.2. The summed E-state index contributed by atoms with van der Waals surface area (Å²) in [6.45, 7) is 4.92. The average Bonchev–Trinajstić information content (AvgIpc) is 3.06. The van der Waals surface area contributed by atoms with Crippen molar-refractivity contribution in [2.75, 3.05) is 47.5 Å². The number of phosphoric ester groups is 1. The molecule has 50 heavy (non-hydrogen) atoms. The van der Waals surface area contributed by atoms with Crippen molar-refractivity contribution >= 4 is 13.8 Å². The van der Waals surface area contributed by atoms with Crippen LogP contribution < -0.4 is 0 Å². The van der Waals surface area contributed by atoms with E-state index in [1.165, 1.54) is 141 Å². The molecule has 0 spiro atoms. The first-order chi connectivity index (χ1) is 24.1. The monoisotopic (exact) mass is 733 g/mol. The summed E-state index contributed by atoms with van der Waals surface area (Å²) < 4.78 is 34.7.